The van der Waals surface area contributed by atoms with Crippen LogP contribution in [0.15, 0.2) is 54.6 Å². The van der Waals surface area contributed by atoms with Crippen LogP contribution in [0, 0.1) is 0 Å². The number of piperidine rings is 1. The Balaban J connectivity index is 1.31. The quantitative estimate of drug-likeness (QED) is 0.690. The van der Waals surface area contributed by atoms with Gasteiger partial charge in [-0.1, -0.05) is 59.1 Å². The molecule has 0 aromatic heterocycles. The molecule has 2 aromatic carbocycles. The van der Waals surface area contributed by atoms with E-state index < -0.39 is 18.0 Å². The Labute approximate surface area is 179 Å². The molecule has 2 heterocycles. The number of benzene rings is 2. The summed E-state index contributed by atoms with van der Waals surface area (Å²) < 4.78 is 0. The lowest BCUT2D eigenvalue weighted by Gasteiger charge is -2.31. The van der Waals surface area contributed by atoms with Crippen LogP contribution in [-0.4, -0.2) is 52.5 Å². The molecule has 0 radical (unpaired) electrons. The Morgan fingerprint density at radius 3 is 2.33 bits per heavy atom. The van der Waals surface area contributed by atoms with Crippen molar-refractivity contribution in [3.8, 4) is 0 Å². The van der Waals surface area contributed by atoms with E-state index in [0.29, 0.717) is 29.1 Å². The van der Waals surface area contributed by atoms with Gasteiger partial charge in [-0.15, -0.1) is 0 Å². The van der Waals surface area contributed by atoms with Gasteiger partial charge in [0, 0.05) is 24.7 Å². The number of hydrogen-bond donors (Lipinski definition) is 0. The van der Waals surface area contributed by atoms with Crippen molar-refractivity contribution in [2.24, 2.45) is 0 Å². The summed E-state index contributed by atoms with van der Waals surface area (Å²) in [5, 5.41) is 1.28. The molecule has 2 aliphatic rings. The highest BCUT2D eigenvalue weighted by atomic mass is 35.5. The lowest BCUT2D eigenvalue weighted by Crippen LogP contribution is -2.43. The topological polar surface area (TPSA) is 70.2 Å². The van der Waals surface area contributed by atoms with Crippen LogP contribution >= 0.6 is 11.6 Å². The van der Waals surface area contributed by atoms with Crippen molar-refractivity contribution in [2.45, 2.75) is 25.3 Å². The minimum atomic E-state index is -0.673. The minimum absolute atomic E-state index is 0.111. The van der Waals surface area contributed by atoms with Crippen LogP contribution in [0.5, 0.6) is 0 Å². The van der Waals surface area contributed by atoms with Crippen molar-refractivity contribution in [3.63, 3.8) is 0 Å². The largest absolute Gasteiger partial charge is 0.434 e. The fraction of sp³-hybridized carbons (Fsp3) is 0.318. The minimum Gasteiger partial charge on any atom is -0.309 e. The number of hydroxylamine groups is 2. The summed E-state index contributed by atoms with van der Waals surface area (Å²) >= 11 is 5.94. The smallest absolute Gasteiger partial charge is 0.309 e. The first-order chi connectivity index (χ1) is 14.5. The number of hydrogen-bond acceptors (Lipinski definition) is 4. The van der Waals surface area contributed by atoms with Gasteiger partial charge in [0.25, 0.3) is 5.91 Å². The molecule has 2 aliphatic heterocycles. The number of likely N-dealkylation sites (tertiary alicyclic amines) is 1. The van der Waals surface area contributed by atoms with Gasteiger partial charge in [0.15, 0.2) is 0 Å². The van der Waals surface area contributed by atoms with Crippen LogP contribution < -0.4 is 0 Å². The van der Waals surface area contributed by atoms with Crippen molar-refractivity contribution in [2.75, 3.05) is 19.6 Å². The average Bonchev–Trinajstić information content (AvgIpc) is 3.02. The summed E-state index contributed by atoms with van der Waals surface area (Å²) in [4.78, 5) is 45.3. The Hall–Kier alpha value is -3.06. The second-order valence-corrected chi connectivity index (χ2v) is 7.92. The Kier molecular flexibility index (Phi) is 5.90. The van der Waals surface area contributed by atoms with Crippen molar-refractivity contribution in [1.82, 2.24) is 14.9 Å². The number of carbonyl (C=O) groups is 3. The van der Waals surface area contributed by atoms with E-state index in [1.54, 1.807) is 0 Å². The molecule has 0 N–H and O–H groups in total. The Bertz CT molecular complexity index is 927. The number of rotatable bonds is 4. The van der Waals surface area contributed by atoms with E-state index in [4.69, 9.17) is 16.4 Å². The molecule has 0 spiro atoms. The molecule has 156 valence electrons. The van der Waals surface area contributed by atoms with E-state index in [1.807, 2.05) is 54.6 Å². The monoisotopic (exact) mass is 427 g/mol. The number of urea groups is 1. The molecule has 2 saturated heterocycles. The molecule has 7 nitrogen and oxygen atoms in total. The summed E-state index contributed by atoms with van der Waals surface area (Å²) in [6, 6.07) is 16.5. The molecule has 0 saturated carbocycles. The molecule has 4 amide bonds. The third kappa shape index (κ3) is 4.41. The molecule has 2 fully saturated rings. The highest BCUT2D eigenvalue weighted by Gasteiger charge is 2.40. The van der Waals surface area contributed by atoms with Crippen LogP contribution in [0.1, 0.15) is 29.9 Å². The predicted octanol–water partition coefficient (Wildman–Crippen LogP) is 4.04. The first-order valence-electron chi connectivity index (χ1n) is 9.89. The SMILES string of the molecule is O=C(ON1C(=O)CN(Cc2ccccc2)C1=O)N1CCC(c2ccc(Cl)cc2)CC1. The zero-order valence-corrected chi connectivity index (χ0v) is 17.1. The molecule has 0 atom stereocenters. The maximum Gasteiger partial charge on any atom is 0.434 e. The van der Waals surface area contributed by atoms with Gasteiger partial charge in [-0.2, -0.15) is 0 Å². The third-order valence-corrected chi connectivity index (χ3v) is 5.73. The molecule has 0 bridgehead atoms. The van der Waals surface area contributed by atoms with Gasteiger partial charge >= 0.3 is 12.1 Å². The van der Waals surface area contributed by atoms with Gasteiger partial charge in [0.2, 0.25) is 0 Å². The fourth-order valence-electron chi connectivity index (χ4n) is 3.81. The average molecular weight is 428 g/mol. The van der Waals surface area contributed by atoms with Gasteiger partial charge < -0.3 is 14.6 Å². The number of nitrogens with zero attached hydrogens (tertiary/aromatic N) is 3. The zero-order valence-electron chi connectivity index (χ0n) is 16.4. The molecule has 0 aliphatic carbocycles. The summed E-state index contributed by atoms with van der Waals surface area (Å²) in [6.07, 6.45) is 0.880. The van der Waals surface area contributed by atoms with Crippen LogP contribution in [0.4, 0.5) is 9.59 Å². The van der Waals surface area contributed by atoms with E-state index in [1.165, 1.54) is 15.4 Å². The normalized spacial score (nSPS) is 17.6. The van der Waals surface area contributed by atoms with Gasteiger partial charge in [0.1, 0.15) is 6.54 Å². The second kappa shape index (κ2) is 8.75. The van der Waals surface area contributed by atoms with Crippen LogP contribution in [0.25, 0.3) is 0 Å². The van der Waals surface area contributed by atoms with E-state index in [9.17, 15) is 14.4 Å². The number of amides is 4. The molecule has 0 unspecified atom stereocenters. The predicted molar refractivity (Wildman–Crippen MR) is 111 cm³/mol. The van der Waals surface area contributed by atoms with E-state index >= 15 is 0 Å². The highest BCUT2D eigenvalue weighted by molar-refractivity contribution is 6.30. The first-order valence-corrected chi connectivity index (χ1v) is 10.3. The standard InChI is InChI=1S/C22H22ClN3O4/c23-19-8-6-17(7-9-19)18-10-12-24(13-11-18)22(29)30-26-20(27)15-25(21(26)28)14-16-4-2-1-3-5-16/h1-9,18H,10-15H2. The van der Waals surface area contributed by atoms with Gasteiger partial charge in [-0.3, -0.25) is 4.79 Å². The maximum atomic E-state index is 12.5. The van der Waals surface area contributed by atoms with E-state index in [2.05, 4.69) is 0 Å². The molecular weight excluding hydrogens is 406 g/mol. The summed E-state index contributed by atoms with van der Waals surface area (Å²) in [7, 11) is 0. The Morgan fingerprint density at radius 1 is 1.00 bits per heavy atom. The molecule has 8 heteroatoms. The number of carbonyl (C=O) groups excluding carboxylic acids is 3. The fourth-order valence-corrected chi connectivity index (χ4v) is 3.94. The zero-order chi connectivity index (χ0) is 21.1. The van der Waals surface area contributed by atoms with Gasteiger partial charge in [-0.25, -0.2) is 9.59 Å². The second-order valence-electron chi connectivity index (χ2n) is 7.48. The molecule has 30 heavy (non-hydrogen) atoms. The number of halogens is 1. The van der Waals surface area contributed by atoms with Gasteiger partial charge in [-0.05, 0) is 42.0 Å². The lowest BCUT2D eigenvalue weighted by molar-refractivity contribution is -0.149. The van der Waals surface area contributed by atoms with Crippen molar-refractivity contribution < 1.29 is 19.2 Å². The molecule has 2 aromatic rings. The Morgan fingerprint density at radius 2 is 1.67 bits per heavy atom. The van der Waals surface area contributed by atoms with Crippen LogP contribution in [0.2, 0.25) is 5.02 Å². The van der Waals surface area contributed by atoms with Gasteiger partial charge in [0.05, 0.1) is 0 Å². The van der Waals surface area contributed by atoms with Crippen LogP contribution in [0.3, 0.4) is 0 Å². The van der Waals surface area contributed by atoms with Crippen LogP contribution in [-0.2, 0) is 16.2 Å². The van der Waals surface area contributed by atoms with Crippen molar-refractivity contribution in [3.05, 3.63) is 70.7 Å². The van der Waals surface area contributed by atoms with Crippen molar-refractivity contribution >= 4 is 29.6 Å². The number of imide groups is 1. The van der Waals surface area contributed by atoms with Crippen molar-refractivity contribution in [1.29, 1.82) is 0 Å². The maximum absolute atomic E-state index is 12.5. The molecular formula is C22H22ClN3O4. The summed E-state index contributed by atoms with van der Waals surface area (Å²) in [5.41, 5.74) is 2.09. The first kappa shape index (κ1) is 20.2. The third-order valence-electron chi connectivity index (χ3n) is 5.48. The summed E-state index contributed by atoms with van der Waals surface area (Å²) in [6.45, 7) is 1.16. The van der Waals surface area contributed by atoms with E-state index in [0.717, 1.165) is 18.4 Å². The molecule has 4 rings (SSSR count). The van der Waals surface area contributed by atoms with E-state index in [-0.39, 0.29) is 13.1 Å². The lowest BCUT2D eigenvalue weighted by atomic mass is 9.90. The highest BCUT2D eigenvalue weighted by Crippen LogP contribution is 2.29. The summed E-state index contributed by atoms with van der Waals surface area (Å²) in [5.74, 6) is -0.205.